The molecule has 1 aliphatic carbocycles. The molecule has 0 saturated heterocycles. The van der Waals surface area contributed by atoms with Crippen molar-refractivity contribution in [2.24, 2.45) is 0 Å². The van der Waals surface area contributed by atoms with Crippen molar-refractivity contribution < 1.29 is 0 Å². The summed E-state index contributed by atoms with van der Waals surface area (Å²) in [6.07, 6.45) is 11.8. The average molecular weight is 283 g/mol. The van der Waals surface area contributed by atoms with E-state index in [1.54, 1.807) is 18.6 Å². The number of pyridine rings is 1. The van der Waals surface area contributed by atoms with E-state index >= 15 is 0 Å². The van der Waals surface area contributed by atoms with Crippen molar-refractivity contribution in [3.63, 3.8) is 0 Å². The number of nitrogens with one attached hydrogen (secondary N) is 2. The lowest BCUT2D eigenvalue weighted by molar-refractivity contribution is 0.461. The maximum Gasteiger partial charge on any atom is 0.224 e. The first-order valence-electron chi connectivity index (χ1n) is 7.62. The predicted octanol–water partition coefficient (Wildman–Crippen LogP) is 3.23. The van der Waals surface area contributed by atoms with E-state index in [0.717, 1.165) is 18.3 Å². The minimum Gasteiger partial charge on any atom is -0.366 e. The summed E-state index contributed by atoms with van der Waals surface area (Å²) in [5.41, 5.74) is 1.19. The largest absolute Gasteiger partial charge is 0.366 e. The van der Waals surface area contributed by atoms with E-state index < -0.39 is 0 Å². The van der Waals surface area contributed by atoms with E-state index in [-0.39, 0.29) is 0 Å². The van der Waals surface area contributed by atoms with Gasteiger partial charge in [0.25, 0.3) is 0 Å². The Hall–Kier alpha value is -2.17. The Labute approximate surface area is 125 Å². The molecule has 0 radical (unpaired) electrons. The minimum absolute atomic E-state index is 0.522. The smallest absolute Gasteiger partial charge is 0.224 e. The summed E-state index contributed by atoms with van der Waals surface area (Å²) < 4.78 is 0. The zero-order chi connectivity index (χ0) is 14.3. The van der Waals surface area contributed by atoms with Crippen molar-refractivity contribution in [1.82, 2.24) is 15.0 Å². The Bertz CT molecular complexity index is 552. The SMILES string of the molecule is c1cc(CNc2ccnc(NC3CCCCC3)n2)ccn1. The zero-order valence-corrected chi connectivity index (χ0v) is 12.1. The van der Waals surface area contributed by atoms with E-state index in [9.17, 15) is 0 Å². The molecule has 2 aromatic rings. The fourth-order valence-corrected chi connectivity index (χ4v) is 2.65. The molecule has 1 saturated carbocycles. The van der Waals surface area contributed by atoms with Gasteiger partial charge in [0.15, 0.2) is 0 Å². The van der Waals surface area contributed by atoms with Gasteiger partial charge < -0.3 is 10.6 Å². The van der Waals surface area contributed by atoms with Gasteiger partial charge in [0.2, 0.25) is 5.95 Å². The van der Waals surface area contributed by atoms with Crippen LogP contribution < -0.4 is 10.6 Å². The molecule has 5 heteroatoms. The molecule has 0 aromatic carbocycles. The van der Waals surface area contributed by atoms with E-state index in [2.05, 4.69) is 25.6 Å². The van der Waals surface area contributed by atoms with E-state index in [4.69, 9.17) is 0 Å². The van der Waals surface area contributed by atoms with Crippen LogP contribution >= 0.6 is 0 Å². The first kappa shape index (κ1) is 13.8. The fourth-order valence-electron chi connectivity index (χ4n) is 2.65. The van der Waals surface area contributed by atoms with Crippen LogP contribution in [-0.2, 0) is 6.54 Å². The summed E-state index contributed by atoms with van der Waals surface area (Å²) in [4.78, 5) is 12.9. The predicted molar refractivity (Wildman–Crippen MR) is 84.1 cm³/mol. The van der Waals surface area contributed by atoms with E-state index in [0.29, 0.717) is 6.04 Å². The Morgan fingerprint density at radius 3 is 2.62 bits per heavy atom. The molecule has 0 amide bonds. The molecule has 5 nitrogen and oxygen atoms in total. The molecule has 3 rings (SSSR count). The average Bonchev–Trinajstić information content (AvgIpc) is 2.55. The van der Waals surface area contributed by atoms with E-state index in [1.807, 2.05) is 18.2 Å². The van der Waals surface area contributed by atoms with Gasteiger partial charge in [-0.2, -0.15) is 4.98 Å². The highest BCUT2D eigenvalue weighted by Gasteiger charge is 2.14. The highest BCUT2D eigenvalue weighted by atomic mass is 15.1. The fraction of sp³-hybridized carbons (Fsp3) is 0.438. The van der Waals surface area contributed by atoms with Crippen molar-refractivity contribution in [3.8, 4) is 0 Å². The summed E-state index contributed by atoms with van der Waals surface area (Å²) in [6.45, 7) is 0.738. The molecule has 21 heavy (non-hydrogen) atoms. The van der Waals surface area contributed by atoms with Crippen molar-refractivity contribution in [3.05, 3.63) is 42.4 Å². The van der Waals surface area contributed by atoms with Crippen molar-refractivity contribution in [1.29, 1.82) is 0 Å². The first-order chi connectivity index (χ1) is 10.4. The van der Waals surface area contributed by atoms with Crippen molar-refractivity contribution in [2.45, 2.75) is 44.7 Å². The molecule has 0 bridgehead atoms. The van der Waals surface area contributed by atoms with Crippen LogP contribution in [0.1, 0.15) is 37.7 Å². The van der Waals surface area contributed by atoms with Crippen LogP contribution in [0, 0.1) is 0 Å². The van der Waals surface area contributed by atoms with Crippen LogP contribution in [0.25, 0.3) is 0 Å². The summed E-state index contributed by atoms with van der Waals surface area (Å²) in [5, 5.41) is 6.77. The molecule has 110 valence electrons. The maximum absolute atomic E-state index is 4.53. The molecule has 0 unspecified atom stereocenters. The van der Waals surface area contributed by atoms with Crippen molar-refractivity contribution in [2.75, 3.05) is 10.6 Å². The zero-order valence-electron chi connectivity index (χ0n) is 12.1. The lowest BCUT2D eigenvalue weighted by Crippen LogP contribution is -2.23. The standard InChI is InChI=1S/C16H21N5/c1-2-4-14(5-3-1)20-16-18-11-8-15(21-16)19-12-13-6-9-17-10-7-13/h6-11,14H,1-5,12H2,(H2,18,19,20,21). The third-order valence-corrected chi connectivity index (χ3v) is 3.82. The third-order valence-electron chi connectivity index (χ3n) is 3.82. The summed E-state index contributed by atoms with van der Waals surface area (Å²) in [7, 11) is 0. The van der Waals surface area contributed by atoms with Gasteiger partial charge >= 0.3 is 0 Å². The summed E-state index contributed by atoms with van der Waals surface area (Å²) in [5.74, 6) is 1.57. The van der Waals surface area contributed by atoms with Crippen LogP contribution in [0.3, 0.4) is 0 Å². The number of hydrogen-bond acceptors (Lipinski definition) is 5. The Balaban J connectivity index is 1.57. The molecule has 0 aliphatic heterocycles. The van der Waals surface area contributed by atoms with Gasteiger partial charge in [-0.15, -0.1) is 0 Å². The number of hydrogen-bond donors (Lipinski definition) is 2. The summed E-state index contributed by atoms with van der Waals surface area (Å²) >= 11 is 0. The van der Waals surface area contributed by atoms with Crippen LogP contribution in [0.5, 0.6) is 0 Å². The normalized spacial score (nSPS) is 15.6. The Kier molecular flexibility index (Phi) is 4.61. The molecular weight excluding hydrogens is 262 g/mol. The maximum atomic E-state index is 4.53. The number of nitrogens with zero attached hydrogens (tertiary/aromatic N) is 3. The molecule has 2 aromatic heterocycles. The monoisotopic (exact) mass is 283 g/mol. The van der Waals surface area contributed by atoms with Crippen LogP contribution in [0.4, 0.5) is 11.8 Å². The van der Waals surface area contributed by atoms with Gasteiger partial charge in [-0.25, -0.2) is 4.98 Å². The van der Waals surface area contributed by atoms with Gasteiger partial charge in [0.1, 0.15) is 5.82 Å². The van der Waals surface area contributed by atoms with Crippen LogP contribution in [0.2, 0.25) is 0 Å². The molecule has 2 heterocycles. The van der Waals surface area contributed by atoms with Crippen molar-refractivity contribution >= 4 is 11.8 Å². The first-order valence-corrected chi connectivity index (χ1v) is 7.62. The second-order valence-electron chi connectivity index (χ2n) is 5.45. The molecule has 1 aliphatic rings. The van der Waals surface area contributed by atoms with E-state index in [1.165, 1.54) is 37.7 Å². The number of anilines is 2. The lowest BCUT2D eigenvalue weighted by Gasteiger charge is -2.22. The highest BCUT2D eigenvalue weighted by Crippen LogP contribution is 2.20. The Morgan fingerprint density at radius 2 is 1.81 bits per heavy atom. The van der Waals surface area contributed by atoms with Crippen LogP contribution in [-0.4, -0.2) is 21.0 Å². The van der Waals surface area contributed by atoms with Gasteiger partial charge in [0.05, 0.1) is 0 Å². The Morgan fingerprint density at radius 1 is 1.00 bits per heavy atom. The minimum atomic E-state index is 0.522. The lowest BCUT2D eigenvalue weighted by atomic mass is 9.96. The molecule has 2 N–H and O–H groups in total. The third kappa shape index (κ3) is 4.15. The van der Waals surface area contributed by atoms with Gasteiger partial charge in [-0.3, -0.25) is 4.98 Å². The molecule has 1 fully saturated rings. The topological polar surface area (TPSA) is 62.7 Å². The van der Waals surface area contributed by atoms with Gasteiger partial charge in [-0.1, -0.05) is 19.3 Å². The second-order valence-corrected chi connectivity index (χ2v) is 5.45. The molecule has 0 spiro atoms. The number of rotatable bonds is 5. The second kappa shape index (κ2) is 7.02. The highest BCUT2D eigenvalue weighted by molar-refractivity contribution is 5.40. The van der Waals surface area contributed by atoms with Crippen LogP contribution in [0.15, 0.2) is 36.8 Å². The van der Waals surface area contributed by atoms with Gasteiger partial charge in [-0.05, 0) is 36.6 Å². The molecule has 0 atom stereocenters. The quantitative estimate of drug-likeness (QED) is 0.882. The summed E-state index contributed by atoms with van der Waals surface area (Å²) in [6, 6.07) is 6.41. The molecular formula is C16H21N5. The number of aromatic nitrogens is 3. The van der Waals surface area contributed by atoms with Gasteiger partial charge in [0, 0.05) is 31.2 Å².